The Morgan fingerprint density at radius 2 is 2.20 bits per heavy atom. The summed E-state index contributed by atoms with van der Waals surface area (Å²) in [5.41, 5.74) is 0.854. The molecular formula is C11H9ClO3. The minimum atomic E-state index is -0.396. The second-order valence-corrected chi connectivity index (χ2v) is 3.80. The molecule has 0 aromatic heterocycles. The quantitative estimate of drug-likeness (QED) is 0.586. The Balaban J connectivity index is 2.40. The number of ketones is 1. The van der Waals surface area contributed by atoms with Gasteiger partial charge in [0.15, 0.2) is 5.78 Å². The number of benzene rings is 1. The molecule has 4 heteroatoms. The molecule has 0 N–H and O–H groups in total. The number of hydrogen-bond donors (Lipinski definition) is 0. The number of halogens is 1. The summed E-state index contributed by atoms with van der Waals surface area (Å²) in [5, 5.41) is 0.347. The SMILES string of the molecule is CCCC(=O)c1cc2c(cc1Cl)OC2=O. The van der Waals surface area contributed by atoms with Crippen molar-refractivity contribution in [1.82, 2.24) is 0 Å². The van der Waals surface area contributed by atoms with Crippen LogP contribution in [0.15, 0.2) is 12.1 Å². The lowest BCUT2D eigenvalue weighted by Gasteiger charge is -2.18. The Labute approximate surface area is 92.0 Å². The number of carbonyl (C=O) groups is 2. The van der Waals surface area contributed by atoms with Gasteiger partial charge < -0.3 is 4.74 Å². The Hall–Kier alpha value is -1.35. The van der Waals surface area contributed by atoms with Gasteiger partial charge in [-0.1, -0.05) is 18.5 Å². The molecule has 0 spiro atoms. The van der Waals surface area contributed by atoms with E-state index in [-0.39, 0.29) is 5.78 Å². The topological polar surface area (TPSA) is 43.4 Å². The summed E-state index contributed by atoms with van der Waals surface area (Å²) in [7, 11) is 0. The Bertz CT molecular complexity index is 451. The lowest BCUT2D eigenvalue weighted by Crippen LogP contribution is -2.21. The van der Waals surface area contributed by atoms with Gasteiger partial charge in [0.25, 0.3) is 0 Å². The Kier molecular flexibility index (Phi) is 2.49. The Morgan fingerprint density at radius 3 is 2.80 bits per heavy atom. The minimum Gasteiger partial charge on any atom is -0.422 e. The summed E-state index contributed by atoms with van der Waals surface area (Å²) in [6, 6.07) is 3.03. The zero-order valence-electron chi connectivity index (χ0n) is 8.17. The monoisotopic (exact) mass is 224 g/mol. The predicted octanol–water partition coefficient (Wildman–Crippen LogP) is 2.86. The average Bonchev–Trinajstić information content (AvgIpc) is 2.17. The molecule has 0 fully saturated rings. The predicted molar refractivity (Wildman–Crippen MR) is 55.6 cm³/mol. The molecule has 0 amide bonds. The van der Waals surface area contributed by atoms with Gasteiger partial charge in [0.05, 0.1) is 5.02 Å². The van der Waals surface area contributed by atoms with Gasteiger partial charge in [-0.05, 0) is 12.5 Å². The van der Waals surface area contributed by atoms with Gasteiger partial charge >= 0.3 is 5.97 Å². The highest BCUT2D eigenvalue weighted by atomic mass is 35.5. The first-order valence-corrected chi connectivity index (χ1v) is 5.10. The van der Waals surface area contributed by atoms with Gasteiger partial charge in [-0.3, -0.25) is 4.79 Å². The number of Topliss-reactive ketones (excluding diaryl/α,β-unsaturated/α-hetero) is 1. The number of rotatable bonds is 3. The fourth-order valence-corrected chi connectivity index (χ4v) is 1.74. The molecule has 1 aromatic rings. The molecule has 1 heterocycles. The fourth-order valence-electron chi connectivity index (χ4n) is 1.48. The third-order valence-electron chi connectivity index (χ3n) is 2.27. The van der Waals surface area contributed by atoms with Crippen LogP contribution in [0.3, 0.4) is 0 Å². The van der Waals surface area contributed by atoms with Crippen LogP contribution in [0, 0.1) is 0 Å². The molecule has 0 unspecified atom stereocenters. The van der Waals surface area contributed by atoms with Gasteiger partial charge in [-0.2, -0.15) is 0 Å². The summed E-state index contributed by atoms with van der Waals surface area (Å²) >= 11 is 5.90. The van der Waals surface area contributed by atoms with E-state index < -0.39 is 5.97 Å². The summed E-state index contributed by atoms with van der Waals surface area (Å²) in [6.07, 6.45) is 1.20. The maximum Gasteiger partial charge on any atom is 0.347 e. The minimum absolute atomic E-state index is 0.0370. The molecular weight excluding hydrogens is 216 g/mol. The van der Waals surface area contributed by atoms with Crippen LogP contribution < -0.4 is 4.74 Å². The van der Waals surface area contributed by atoms with Gasteiger partial charge in [0.1, 0.15) is 11.3 Å². The zero-order valence-corrected chi connectivity index (χ0v) is 8.93. The van der Waals surface area contributed by atoms with Crippen molar-refractivity contribution in [2.75, 3.05) is 0 Å². The number of ether oxygens (including phenoxy) is 1. The average molecular weight is 225 g/mol. The van der Waals surface area contributed by atoms with E-state index in [2.05, 4.69) is 0 Å². The number of esters is 1. The normalized spacial score (nSPS) is 12.8. The van der Waals surface area contributed by atoms with E-state index in [1.165, 1.54) is 12.1 Å². The first-order chi connectivity index (χ1) is 7.13. The molecule has 3 nitrogen and oxygen atoms in total. The maximum absolute atomic E-state index is 11.6. The van der Waals surface area contributed by atoms with Crippen LogP contribution in [0.2, 0.25) is 5.02 Å². The van der Waals surface area contributed by atoms with Crippen LogP contribution in [0.4, 0.5) is 0 Å². The van der Waals surface area contributed by atoms with Crippen molar-refractivity contribution in [2.24, 2.45) is 0 Å². The van der Waals surface area contributed by atoms with Gasteiger partial charge in [-0.25, -0.2) is 4.79 Å². The van der Waals surface area contributed by atoms with E-state index in [1.807, 2.05) is 6.92 Å². The molecule has 0 atom stereocenters. The lowest BCUT2D eigenvalue weighted by atomic mass is 10.0. The largest absolute Gasteiger partial charge is 0.422 e. The third kappa shape index (κ3) is 1.63. The molecule has 1 aromatic carbocycles. The van der Waals surface area contributed by atoms with E-state index in [0.717, 1.165) is 6.42 Å². The summed E-state index contributed by atoms with van der Waals surface area (Å²) in [4.78, 5) is 22.6. The van der Waals surface area contributed by atoms with Crippen molar-refractivity contribution < 1.29 is 14.3 Å². The van der Waals surface area contributed by atoms with Gasteiger partial charge in [-0.15, -0.1) is 0 Å². The van der Waals surface area contributed by atoms with Crippen molar-refractivity contribution in [3.8, 4) is 5.75 Å². The first kappa shape index (κ1) is 10.2. The molecule has 0 saturated heterocycles. The molecule has 1 aliphatic heterocycles. The molecule has 78 valence electrons. The second-order valence-electron chi connectivity index (χ2n) is 3.39. The van der Waals surface area contributed by atoms with Gasteiger partial charge in [0.2, 0.25) is 0 Å². The van der Waals surface area contributed by atoms with E-state index in [9.17, 15) is 9.59 Å². The highest BCUT2D eigenvalue weighted by Gasteiger charge is 2.28. The molecule has 0 radical (unpaired) electrons. The maximum atomic E-state index is 11.6. The van der Waals surface area contributed by atoms with E-state index >= 15 is 0 Å². The highest BCUT2D eigenvalue weighted by molar-refractivity contribution is 6.34. The van der Waals surface area contributed by atoms with Crippen molar-refractivity contribution >= 4 is 23.4 Å². The van der Waals surface area contributed by atoms with Crippen molar-refractivity contribution in [2.45, 2.75) is 19.8 Å². The summed E-state index contributed by atoms with van der Waals surface area (Å²) in [5.74, 6) is 0.0234. The molecule has 0 saturated carbocycles. The molecule has 2 rings (SSSR count). The van der Waals surface area contributed by atoms with Crippen LogP contribution >= 0.6 is 11.6 Å². The smallest absolute Gasteiger partial charge is 0.347 e. The van der Waals surface area contributed by atoms with Crippen molar-refractivity contribution in [1.29, 1.82) is 0 Å². The fraction of sp³-hybridized carbons (Fsp3) is 0.273. The van der Waals surface area contributed by atoms with Crippen molar-refractivity contribution in [3.63, 3.8) is 0 Å². The van der Waals surface area contributed by atoms with E-state index in [1.54, 1.807) is 0 Å². The Morgan fingerprint density at radius 1 is 1.47 bits per heavy atom. The summed E-state index contributed by atoms with van der Waals surface area (Å²) < 4.78 is 4.73. The van der Waals surface area contributed by atoms with Crippen LogP contribution in [0.1, 0.15) is 40.5 Å². The van der Waals surface area contributed by atoms with Crippen LogP contribution in [-0.4, -0.2) is 11.8 Å². The highest BCUT2D eigenvalue weighted by Crippen LogP contribution is 2.34. The molecule has 1 aliphatic rings. The number of hydrogen-bond acceptors (Lipinski definition) is 3. The number of carbonyl (C=O) groups excluding carboxylic acids is 2. The van der Waals surface area contributed by atoms with E-state index in [4.69, 9.17) is 16.3 Å². The van der Waals surface area contributed by atoms with Crippen molar-refractivity contribution in [3.05, 3.63) is 28.3 Å². The van der Waals surface area contributed by atoms with Gasteiger partial charge in [0, 0.05) is 18.1 Å². The van der Waals surface area contributed by atoms with Crippen LogP contribution in [0.25, 0.3) is 0 Å². The lowest BCUT2D eigenvalue weighted by molar-refractivity contribution is 0.0658. The standard InChI is InChI=1S/C11H9ClO3/c1-2-3-9(13)6-4-7-10(5-8(6)12)15-11(7)14/h4-5H,2-3H2,1H3. The van der Waals surface area contributed by atoms with Crippen LogP contribution in [0.5, 0.6) is 5.75 Å². The molecule has 0 aliphatic carbocycles. The second kappa shape index (κ2) is 3.66. The van der Waals surface area contributed by atoms with Crippen LogP contribution in [-0.2, 0) is 0 Å². The summed E-state index contributed by atoms with van der Waals surface area (Å²) in [6.45, 7) is 1.92. The van der Waals surface area contributed by atoms with E-state index in [0.29, 0.717) is 28.3 Å². The molecule has 0 bridgehead atoms. The molecule has 15 heavy (non-hydrogen) atoms. The first-order valence-electron chi connectivity index (χ1n) is 4.72. The third-order valence-corrected chi connectivity index (χ3v) is 2.58. The number of fused-ring (bicyclic) bond motifs is 1. The zero-order chi connectivity index (χ0) is 11.0.